The molecule has 1 atom stereocenters. The summed E-state index contributed by atoms with van der Waals surface area (Å²) >= 11 is 0. The third-order valence-corrected chi connectivity index (χ3v) is 4.97. The van der Waals surface area contributed by atoms with Crippen LogP contribution in [0, 0.1) is 10.1 Å². The van der Waals surface area contributed by atoms with Crippen LogP contribution in [0.1, 0.15) is 31.7 Å². The van der Waals surface area contributed by atoms with Crippen LogP contribution in [-0.4, -0.2) is 38.5 Å². The quantitative estimate of drug-likeness (QED) is 0.286. The van der Waals surface area contributed by atoms with Crippen LogP contribution in [0.4, 0.5) is 5.69 Å². The molecule has 0 radical (unpaired) electrons. The first-order chi connectivity index (χ1) is 15.0. The van der Waals surface area contributed by atoms with E-state index in [9.17, 15) is 14.9 Å². The van der Waals surface area contributed by atoms with Crippen LogP contribution in [0.2, 0.25) is 0 Å². The van der Waals surface area contributed by atoms with Gasteiger partial charge >= 0.3 is 0 Å². The van der Waals surface area contributed by atoms with Crippen molar-refractivity contribution in [2.75, 3.05) is 6.54 Å². The SMILES string of the molecule is CC[C@H](C)N(CCc1nc(-c2cccc([N+](=O)[O-])c2)no1)C(=O)/C=C/c1ccccc1. The Balaban J connectivity index is 1.68. The third-order valence-electron chi connectivity index (χ3n) is 4.97. The summed E-state index contributed by atoms with van der Waals surface area (Å²) in [5, 5.41) is 14.9. The van der Waals surface area contributed by atoms with E-state index in [-0.39, 0.29) is 23.5 Å². The standard InChI is InChI=1S/C23H24N4O4/c1-3-17(2)26(22(28)13-12-18-8-5-4-6-9-18)15-14-21-24-23(25-31-21)19-10-7-11-20(16-19)27(29)30/h4-13,16-17H,3,14-15H2,1-2H3/b13-12+/t17-/m0/s1. The van der Waals surface area contributed by atoms with E-state index in [0.717, 1.165) is 12.0 Å². The first kappa shape index (κ1) is 21.9. The van der Waals surface area contributed by atoms with E-state index in [2.05, 4.69) is 10.1 Å². The first-order valence-corrected chi connectivity index (χ1v) is 10.1. The molecule has 8 heteroatoms. The van der Waals surface area contributed by atoms with Gasteiger partial charge in [-0.1, -0.05) is 54.5 Å². The van der Waals surface area contributed by atoms with Gasteiger partial charge in [0.15, 0.2) is 0 Å². The van der Waals surface area contributed by atoms with Crippen molar-refractivity contribution in [2.45, 2.75) is 32.7 Å². The fraction of sp³-hybridized carbons (Fsp3) is 0.261. The molecule has 31 heavy (non-hydrogen) atoms. The fourth-order valence-corrected chi connectivity index (χ4v) is 3.04. The molecule has 0 aliphatic rings. The zero-order valence-electron chi connectivity index (χ0n) is 17.5. The van der Waals surface area contributed by atoms with Crippen LogP contribution >= 0.6 is 0 Å². The molecule has 0 saturated carbocycles. The molecule has 0 N–H and O–H groups in total. The molecule has 0 unspecified atom stereocenters. The van der Waals surface area contributed by atoms with Crippen LogP contribution in [0.5, 0.6) is 0 Å². The lowest BCUT2D eigenvalue weighted by molar-refractivity contribution is -0.384. The van der Waals surface area contributed by atoms with Crippen molar-refractivity contribution in [3.63, 3.8) is 0 Å². The monoisotopic (exact) mass is 420 g/mol. The number of non-ortho nitro benzene ring substituents is 1. The molecule has 8 nitrogen and oxygen atoms in total. The van der Waals surface area contributed by atoms with E-state index in [1.165, 1.54) is 12.1 Å². The van der Waals surface area contributed by atoms with Crippen molar-refractivity contribution in [2.24, 2.45) is 0 Å². The van der Waals surface area contributed by atoms with Gasteiger partial charge in [0.2, 0.25) is 17.6 Å². The first-order valence-electron chi connectivity index (χ1n) is 10.1. The van der Waals surface area contributed by atoms with Crippen LogP contribution in [-0.2, 0) is 11.2 Å². The summed E-state index contributed by atoms with van der Waals surface area (Å²) in [5.41, 5.74) is 1.42. The smallest absolute Gasteiger partial charge is 0.270 e. The second-order valence-corrected chi connectivity index (χ2v) is 7.10. The Bertz CT molecular complexity index is 1060. The molecule has 1 heterocycles. The molecular weight excluding hydrogens is 396 g/mol. The molecule has 1 aromatic heterocycles. The Morgan fingerprint density at radius 3 is 2.71 bits per heavy atom. The maximum absolute atomic E-state index is 12.8. The summed E-state index contributed by atoms with van der Waals surface area (Å²) in [5.74, 6) is 0.565. The van der Waals surface area contributed by atoms with Crippen LogP contribution in [0.25, 0.3) is 17.5 Å². The summed E-state index contributed by atoms with van der Waals surface area (Å²) in [6, 6.07) is 15.8. The van der Waals surface area contributed by atoms with Crippen molar-refractivity contribution in [1.29, 1.82) is 0 Å². The van der Waals surface area contributed by atoms with E-state index in [0.29, 0.717) is 24.4 Å². The highest BCUT2D eigenvalue weighted by Gasteiger charge is 2.19. The number of amides is 1. The van der Waals surface area contributed by atoms with Gasteiger partial charge in [-0.2, -0.15) is 4.98 Å². The van der Waals surface area contributed by atoms with E-state index >= 15 is 0 Å². The molecule has 2 aromatic carbocycles. The minimum Gasteiger partial charge on any atom is -0.339 e. The highest BCUT2D eigenvalue weighted by Crippen LogP contribution is 2.21. The van der Waals surface area contributed by atoms with E-state index < -0.39 is 4.92 Å². The van der Waals surface area contributed by atoms with Gasteiger partial charge in [-0.25, -0.2) is 0 Å². The molecule has 0 fully saturated rings. The number of nitrogens with zero attached hydrogens (tertiary/aromatic N) is 4. The van der Waals surface area contributed by atoms with Gasteiger partial charge in [-0.05, 0) is 25.0 Å². The van der Waals surface area contributed by atoms with Gasteiger partial charge in [-0.15, -0.1) is 0 Å². The average Bonchev–Trinajstić information content (AvgIpc) is 3.27. The average molecular weight is 420 g/mol. The molecule has 3 aromatic rings. The Labute approximate surface area is 180 Å². The lowest BCUT2D eigenvalue weighted by atomic mass is 10.1. The van der Waals surface area contributed by atoms with Crippen molar-refractivity contribution < 1.29 is 14.2 Å². The lowest BCUT2D eigenvalue weighted by Gasteiger charge is -2.27. The Morgan fingerprint density at radius 2 is 2.00 bits per heavy atom. The molecule has 160 valence electrons. The maximum atomic E-state index is 12.8. The normalized spacial score (nSPS) is 12.1. The second kappa shape index (κ2) is 10.3. The fourth-order valence-electron chi connectivity index (χ4n) is 3.04. The van der Waals surface area contributed by atoms with Crippen LogP contribution in [0.3, 0.4) is 0 Å². The topological polar surface area (TPSA) is 102 Å². The van der Waals surface area contributed by atoms with Gasteiger partial charge in [0, 0.05) is 42.8 Å². The van der Waals surface area contributed by atoms with Crippen molar-refractivity contribution in [3.8, 4) is 11.4 Å². The summed E-state index contributed by atoms with van der Waals surface area (Å²) in [4.78, 5) is 29.4. The third kappa shape index (κ3) is 5.85. The van der Waals surface area contributed by atoms with E-state index in [1.54, 1.807) is 29.2 Å². The largest absolute Gasteiger partial charge is 0.339 e. The van der Waals surface area contributed by atoms with Crippen molar-refractivity contribution in [3.05, 3.63) is 82.2 Å². The number of aromatic nitrogens is 2. The summed E-state index contributed by atoms with van der Waals surface area (Å²) in [6.07, 6.45) is 4.57. The highest BCUT2D eigenvalue weighted by atomic mass is 16.6. The molecule has 0 bridgehead atoms. The Hall–Kier alpha value is -3.81. The van der Waals surface area contributed by atoms with Gasteiger partial charge < -0.3 is 9.42 Å². The molecule has 3 rings (SSSR count). The summed E-state index contributed by atoms with van der Waals surface area (Å²) in [6.45, 7) is 4.44. The molecular formula is C23H24N4O4. The second-order valence-electron chi connectivity index (χ2n) is 7.10. The molecule has 0 saturated heterocycles. The number of hydrogen-bond donors (Lipinski definition) is 0. The number of carbonyl (C=O) groups excluding carboxylic acids is 1. The summed E-state index contributed by atoms with van der Waals surface area (Å²) in [7, 11) is 0. The molecule has 1 amide bonds. The van der Waals surface area contributed by atoms with Crippen molar-refractivity contribution in [1.82, 2.24) is 15.0 Å². The number of benzene rings is 2. The molecule has 0 aliphatic carbocycles. The predicted molar refractivity (Wildman–Crippen MR) is 117 cm³/mol. The van der Waals surface area contributed by atoms with Gasteiger partial charge in [-0.3, -0.25) is 14.9 Å². The Kier molecular flexibility index (Phi) is 7.26. The zero-order chi connectivity index (χ0) is 22.2. The van der Waals surface area contributed by atoms with Gasteiger partial charge in [0.25, 0.3) is 5.69 Å². The van der Waals surface area contributed by atoms with Gasteiger partial charge in [0.05, 0.1) is 4.92 Å². The number of hydrogen-bond acceptors (Lipinski definition) is 6. The number of nitro groups is 1. The van der Waals surface area contributed by atoms with E-state index in [4.69, 9.17) is 4.52 Å². The lowest BCUT2D eigenvalue weighted by Crippen LogP contribution is -2.38. The zero-order valence-corrected chi connectivity index (χ0v) is 17.5. The number of nitro benzene ring substituents is 1. The van der Waals surface area contributed by atoms with Crippen LogP contribution < -0.4 is 0 Å². The minimum absolute atomic E-state index is 0.0393. The number of carbonyl (C=O) groups is 1. The Morgan fingerprint density at radius 1 is 1.23 bits per heavy atom. The van der Waals surface area contributed by atoms with Crippen LogP contribution in [0.15, 0.2) is 65.2 Å². The molecule has 0 spiro atoms. The minimum atomic E-state index is -0.469. The number of rotatable bonds is 9. The molecule has 0 aliphatic heterocycles. The van der Waals surface area contributed by atoms with E-state index in [1.807, 2.05) is 44.2 Å². The van der Waals surface area contributed by atoms with Gasteiger partial charge in [0.1, 0.15) is 0 Å². The predicted octanol–water partition coefficient (Wildman–Crippen LogP) is 4.53. The van der Waals surface area contributed by atoms with Crippen molar-refractivity contribution >= 4 is 17.7 Å². The maximum Gasteiger partial charge on any atom is 0.270 e. The highest BCUT2D eigenvalue weighted by molar-refractivity contribution is 5.92. The summed E-state index contributed by atoms with van der Waals surface area (Å²) < 4.78 is 5.31.